The highest BCUT2D eigenvalue weighted by Crippen LogP contribution is 2.45. The number of hydrogen-bond donors (Lipinski definition) is 2. The van der Waals surface area contributed by atoms with Gasteiger partial charge in [-0.3, -0.25) is 0 Å². The second-order valence-electron chi connectivity index (χ2n) is 3.78. The van der Waals surface area contributed by atoms with Gasteiger partial charge in [-0.15, -0.1) is 0 Å². The maximum atomic E-state index is 13.7. The normalized spacial score (nSPS) is 17.9. The zero-order valence-electron chi connectivity index (χ0n) is 7.80. The van der Waals surface area contributed by atoms with E-state index in [9.17, 15) is 9.50 Å². The van der Waals surface area contributed by atoms with Crippen molar-refractivity contribution in [3.63, 3.8) is 0 Å². The lowest BCUT2D eigenvalue weighted by atomic mass is 10.0. The molecular weight excluding hydrogens is 284 g/mol. The van der Waals surface area contributed by atoms with Crippen LogP contribution in [0.3, 0.4) is 0 Å². The summed E-state index contributed by atoms with van der Waals surface area (Å²) >= 11 is 8.80. The van der Waals surface area contributed by atoms with Gasteiger partial charge in [-0.25, -0.2) is 4.39 Å². The van der Waals surface area contributed by atoms with E-state index in [0.717, 1.165) is 12.8 Å². The number of rotatable bonds is 2. The van der Waals surface area contributed by atoms with Crippen molar-refractivity contribution in [1.82, 2.24) is 0 Å². The summed E-state index contributed by atoms with van der Waals surface area (Å²) in [6, 6.07) is 0.856. The Hall–Kier alpha value is -0.320. The van der Waals surface area contributed by atoms with Crippen LogP contribution in [0.1, 0.15) is 24.4 Å². The third-order valence-electron chi connectivity index (χ3n) is 2.64. The Bertz CT molecular complexity index is 383. The van der Waals surface area contributed by atoms with E-state index >= 15 is 0 Å². The van der Waals surface area contributed by atoms with Gasteiger partial charge in [-0.05, 0) is 40.8 Å². The highest BCUT2D eigenvalue weighted by Gasteiger charge is 2.34. The average molecular weight is 295 g/mol. The van der Waals surface area contributed by atoms with Crippen molar-refractivity contribution in [3.8, 4) is 5.75 Å². The minimum absolute atomic E-state index is 0.0224. The lowest BCUT2D eigenvalue weighted by Gasteiger charge is -2.15. The Morgan fingerprint density at radius 2 is 2.20 bits per heavy atom. The molecule has 1 aromatic rings. The maximum Gasteiger partial charge on any atom is 0.150 e. The molecule has 1 aromatic carbocycles. The smallest absolute Gasteiger partial charge is 0.150 e. The van der Waals surface area contributed by atoms with Crippen molar-refractivity contribution >= 4 is 27.5 Å². The van der Waals surface area contributed by atoms with Gasteiger partial charge >= 0.3 is 0 Å². The molecule has 0 amide bonds. The molecule has 1 aliphatic rings. The van der Waals surface area contributed by atoms with Crippen LogP contribution in [0.2, 0.25) is 5.02 Å². The van der Waals surface area contributed by atoms with Gasteiger partial charge in [0.1, 0.15) is 11.6 Å². The van der Waals surface area contributed by atoms with Crippen LogP contribution < -0.4 is 5.73 Å². The molecule has 0 heterocycles. The first-order valence-corrected chi connectivity index (χ1v) is 5.81. The molecular formula is C10H10BrClFNO. The van der Waals surface area contributed by atoms with Gasteiger partial charge in [0.05, 0.1) is 9.50 Å². The van der Waals surface area contributed by atoms with E-state index in [4.69, 9.17) is 17.3 Å². The van der Waals surface area contributed by atoms with Crippen LogP contribution in [0.15, 0.2) is 10.5 Å². The van der Waals surface area contributed by atoms with Gasteiger partial charge in [0.15, 0.2) is 0 Å². The molecule has 0 bridgehead atoms. The van der Waals surface area contributed by atoms with Crippen LogP contribution in [0.5, 0.6) is 5.75 Å². The Balaban J connectivity index is 2.52. The SMILES string of the molecule is NC(c1c(O)c(Br)cc(Cl)c1F)C1CC1. The third kappa shape index (κ3) is 1.98. The third-order valence-corrected chi connectivity index (χ3v) is 3.52. The van der Waals surface area contributed by atoms with E-state index in [-0.39, 0.29) is 22.3 Å². The Morgan fingerprint density at radius 3 is 2.73 bits per heavy atom. The zero-order valence-corrected chi connectivity index (χ0v) is 10.1. The number of hydrogen-bond acceptors (Lipinski definition) is 2. The molecule has 0 spiro atoms. The summed E-state index contributed by atoms with van der Waals surface area (Å²) in [7, 11) is 0. The lowest BCUT2D eigenvalue weighted by Crippen LogP contribution is -2.14. The van der Waals surface area contributed by atoms with Gasteiger partial charge in [-0.2, -0.15) is 0 Å². The molecule has 2 rings (SSSR count). The fourth-order valence-corrected chi connectivity index (χ4v) is 2.38. The molecule has 1 fully saturated rings. The second kappa shape index (κ2) is 3.92. The zero-order chi connectivity index (χ0) is 11.2. The first-order chi connectivity index (χ1) is 7.02. The lowest BCUT2D eigenvalue weighted by molar-refractivity contribution is 0.439. The highest BCUT2D eigenvalue weighted by molar-refractivity contribution is 9.10. The molecule has 15 heavy (non-hydrogen) atoms. The van der Waals surface area contributed by atoms with Gasteiger partial charge in [-0.1, -0.05) is 11.6 Å². The molecule has 0 saturated heterocycles. The molecule has 1 unspecified atom stereocenters. The minimum Gasteiger partial charge on any atom is -0.506 e. The first-order valence-electron chi connectivity index (χ1n) is 4.64. The van der Waals surface area contributed by atoms with Gasteiger partial charge in [0.2, 0.25) is 0 Å². The van der Waals surface area contributed by atoms with Crippen molar-refractivity contribution in [1.29, 1.82) is 0 Å². The van der Waals surface area contributed by atoms with Crippen molar-refractivity contribution in [2.75, 3.05) is 0 Å². The quantitative estimate of drug-likeness (QED) is 0.822. The van der Waals surface area contributed by atoms with Crippen LogP contribution in [0, 0.1) is 11.7 Å². The van der Waals surface area contributed by atoms with Gasteiger partial charge in [0.25, 0.3) is 0 Å². The largest absolute Gasteiger partial charge is 0.506 e. The van der Waals surface area contributed by atoms with Crippen LogP contribution in [-0.4, -0.2) is 5.11 Å². The van der Waals surface area contributed by atoms with E-state index in [0.29, 0.717) is 4.47 Å². The topological polar surface area (TPSA) is 46.2 Å². The summed E-state index contributed by atoms with van der Waals surface area (Å²) in [6.07, 6.45) is 1.95. The second-order valence-corrected chi connectivity index (χ2v) is 5.04. The summed E-state index contributed by atoms with van der Waals surface area (Å²) in [5, 5.41) is 9.70. The van der Waals surface area contributed by atoms with Crippen LogP contribution in [-0.2, 0) is 0 Å². The van der Waals surface area contributed by atoms with Crippen molar-refractivity contribution in [3.05, 3.63) is 26.9 Å². The Labute approximate surface area is 100 Å². The molecule has 2 nitrogen and oxygen atoms in total. The summed E-state index contributed by atoms with van der Waals surface area (Å²) in [5.41, 5.74) is 5.98. The average Bonchev–Trinajstić information content (AvgIpc) is 2.98. The molecule has 0 aliphatic heterocycles. The van der Waals surface area contributed by atoms with E-state index in [2.05, 4.69) is 15.9 Å². The number of halogens is 3. The highest BCUT2D eigenvalue weighted by atomic mass is 79.9. The van der Waals surface area contributed by atoms with Crippen molar-refractivity contribution < 1.29 is 9.50 Å². The number of phenols is 1. The molecule has 82 valence electrons. The van der Waals surface area contributed by atoms with Crippen LogP contribution in [0.25, 0.3) is 0 Å². The van der Waals surface area contributed by atoms with Gasteiger partial charge < -0.3 is 10.8 Å². The summed E-state index contributed by atoms with van der Waals surface area (Å²) in [6.45, 7) is 0. The predicted octanol–water partition coefficient (Wildman–Crippen LogP) is 3.36. The van der Waals surface area contributed by atoms with E-state index in [1.165, 1.54) is 6.07 Å². The first kappa shape index (κ1) is 11.2. The van der Waals surface area contributed by atoms with Crippen LogP contribution in [0.4, 0.5) is 4.39 Å². The monoisotopic (exact) mass is 293 g/mol. The summed E-state index contributed by atoms with van der Waals surface area (Å²) in [5.74, 6) is -0.496. The molecule has 3 N–H and O–H groups in total. The standard InChI is InChI=1S/C10H10BrClFNO/c11-5-3-6(12)8(13)7(10(5)15)9(14)4-1-2-4/h3-4,9,15H,1-2,14H2. The molecule has 0 aromatic heterocycles. The molecule has 5 heteroatoms. The number of phenolic OH excluding ortho intramolecular Hbond substituents is 1. The predicted molar refractivity (Wildman–Crippen MR) is 60.4 cm³/mol. The molecule has 1 saturated carbocycles. The fraction of sp³-hybridized carbons (Fsp3) is 0.400. The minimum atomic E-state index is -0.614. The molecule has 1 atom stereocenters. The summed E-state index contributed by atoms with van der Waals surface area (Å²) < 4.78 is 14.1. The summed E-state index contributed by atoms with van der Waals surface area (Å²) in [4.78, 5) is 0. The van der Waals surface area contributed by atoms with Crippen molar-refractivity contribution in [2.45, 2.75) is 18.9 Å². The molecule has 0 radical (unpaired) electrons. The number of benzene rings is 1. The number of aromatic hydroxyl groups is 1. The Kier molecular flexibility index (Phi) is 2.92. The van der Waals surface area contributed by atoms with Crippen LogP contribution >= 0.6 is 27.5 Å². The maximum absolute atomic E-state index is 13.7. The van der Waals surface area contributed by atoms with E-state index < -0.39 is 11.9 Å². The van der Waals surface area contributed by atoms with E-state index in [1.807, 2.05) is 0 Å². The molecule has 1 aliphatic carbocycles. The van der Waals surface area contributed by atoms with Gasteiger partial charge in [0, 0.05) is 11.6 Å². The number of nitrogens with two attached hydrogens (primary N) is 1. The fourth-order valence-electron chi connectivity index (χ4n) is 1.60. The van der Waals surface area contributed by atoms with E-state index in [1.54, 1.807) is 0 Å². The van der Waals surface area contributed by atoms with Crippen molar-refractivity contribution in [2.24, 2.45) is 11.7 Å². The Morgan fingerprint density at radius 1 is 1.60 bits per heavy atom.